The van der Waals surface area contributed by atoms with Crippen LogP contribution in [0.15, 0.2) is 85.1 Å². The zero-order valence-corrected chi connectivity index (χ0v) is 45.1. The molecule has 0 rings (SSSR count). The van der Waals surface area contributed by atoms with Gasteiger partial charge in [-0.15, -0.1) is 0 Å². The molecule has 0 aliphatic carbocycles. The molecule has 0 amide bonds. The minimum Gasteiger partial charge on any atom is -0.462 e. The van der Waals surface area contributed by atoms with Crippen molar-refractivity contribution in [3.63, 3.8) is 0 Å². The Bertz CT molecular complexity index is 1250. The number of unbranched alkanes of at least 4 members (excludes halogenated alkanes) is 28. The van der Waals surface area contributed by atoms with Crippen LogP contribution in [0.3, 0.4) is 0 Å². The normalized spacial score (nSPS) is 12.8. The molecule has 0 aromatic rings. The van der Waals surface area contributed by atoms with Gasteiger partial charge in [-0.1, -0.05) is 234 Å². The molecule has 0 fully saturated rings. The summed E-state index contributed by atoms with van der Waals surface area (Å²) < 4.78 is 17.5. The molecule has 1 atom stereocenters. The van der Waals surface area contributed by atoms with Crippen LogP contribution in [0.4, 0.5) is 0 Å². The zero-order valence-electron chi connectivity index (χ0n) is 45.1. The van der Waals surface area contributed by atoms with E-state index >= 15 is 0 Å². The Balaban J connectivity index is 4.35. The largest absolute Gasteiger partial charge is 0.462 e. The highest BCUT2D eigenvalue weighted by Gasteiger charge is 2.17. The molecule has 0 saturated heterocycles. The Labute approximate surface area is 422 Å². The average molecular weight is 948 g/mol. The first kappa shape index (κ1) is 65.1. The molecule has 0 aromatic carbocycles. The maximum absolute atomic E-state index is 12.9. The number of ether oxygens (including phenoxy) is 3. The molecule has 0 aliphatic rings. The van der Waals surface area contributed by atoms with Crippen molar-refractivity contribution < 1.29 is 23.8 Å². The fourth-order valence-electron chi connectivity index (χ4n) is 8.06. The van der Waals surface area contributed by atoms with E-state index in [1.807, 2.05) is 0 Å². The summed E-state index contributed by atoms with van der Waals surface area (Å²) in [6.07, 6.45) is 77.4. The molecule has 0 radical (unpaired) electrons. The van der Waals surface area contributed by atoms with Gasteiger partial charge >= 0.3 is 11.9 Å². The highest BCUT2D eigenvalue weighted by Crippen LogP contribution is 2.14. The highest BCUT2D eigenvalue weighted by molar-refractivity contribution is 5.70. The molecule has 0 spiro atoms. The van der Waals surface area contributed by atoms with Gasteiger partial charge in [0.2, 0.25) is 0 Å². The molecule has 0 bridgehead atoms. The Hall–Kier alpha value is -2.92. The molecule has 5 nitrogen and oxygen atoms in total. The van der Waals surface area contributed by atoms with Crippen molar-refractivity contribution in [2.45, 2.75) is 284 Å². The van der Waals surface area contributed by atoms with Gasteiger partial charge in [0.25, 0.3) is 0 Å². The van der Waals surface area contributed by atoms with Crippen LogP contribution < -0.4 is 0 Å². The fourth-order valence-corrected chi connectivity index (χ4v) is 8.06. The van der Waals surface area contributed by atoms with Crippen LogP contribution in [-0.4, -0.2) is 37.9 Å². The van der Waals surface area contributed by atoms with E-state index in [1.165, 1.54) is 154 Å². The minimum absolute atomic E-state index is 0.0618. The summed E-state index contributed by atoms with van der Waals surface area (Å²) in [5.74, 6) is -0.437. The molecular formula is C63H110O5. The Morgan fingerprint density at radius 3 is 1.09 bits per heavy atom. The van der Waals surface area contributed by atoms with E-state index in [1.54, 1.807) is 0 Å². The van der Waals surface area contributed by atoms with Crippen LogP contribution in [0.5, 0.6) is 0 Å². The number of allylic oxidation sites excluding steroid dienone is 14. The number of rotatable bonds is 53. The SMILES string of the molecule is CC/C=C\C/C=C\C/C=C\C/C=C\C/C=C\CCCCCC(=O)OCC(COCCCCCCCC/C=C\CCCCCCCC)OC(=O)CCCCCCCCC/C=C\CCCCCCCC. The predicted octanol–water partition coefficient (Wildman–Crippen LogP) is 20.0. The lowest BCUT2D eigenvalue weighted by molar-refractivity contribution is -0.163. The van der Waals surface area contributed by atoms with Crippen LogP contribution in [0, 0.1) is 0 Å². The zero-order chi connectivity index (χ0) is 49.2. The van der Waals surface area contributed by atoms with Gasteiger partial charge in [-0.25, -0.2) is 0 Å². The second-order valence-corrected chi connectivity index (χ2v) is 19.2. The summed E-state index contributed by atoms with van der Waals surface area (Å²) in [5.41, 5.74) is 0. The molecule has 0 N–H and O–H groups in total. The van der Waals surface area contributed by atoms with E-state index in [0.717, 1.165) is 89.9 Å². The van der Waals surface area contributed by atoms with Crippen LogP contribution in [-0.2, 0) is 23.8 Å². The third-order valence-electron chi connectivity index (χ3n) is 12.4. The van der Waals surface area contributed by atoms with Crippen molar-refractivity contribution in [3.8, 4) is 0 Å². The number of carbonyl (C=O) groups is 2. The van der Waals surface area contributed by atoms with Gasteiger partial charge in [-0.3, -0.25) is 9.59 Å². The van der Waals surface area contributed by atoms with Gasteiger partial charge in [-0.05, 0) is 116 Å². The summed E-state index contributed by atoms with van der Waals surface area (Å²) >= 11 is 0. The summed E-state index contributed by atoms with van der Waals surface area (Å²) in [4.78, 5) is 25.5. The Kier molecular flexibility index (Phi) is 55.9. The van der Waals surface area contributed by atoms with E-state index < -0.39 is 6.10 Å². The van der Waals surface area contributed by atoms with Crippen molar-refractivity contribution in [1.82, 2.24) is 0 Å². The maximum atomic E-state index is 12.9. The van der Waals surface area contributed by atoms with Crippen LogP contribution in [0.2, 0.25) is 0 Å². The summed E-state index contributed by atoms with van der Waals surface area (Å²) in [6, 6.07) is 0. The molecular weight excluding hydrogens is 837 g/mol. The van der Waals surface area contributed by atoms with Crippen molar-refractivity contribution in [2.75, 3.05) is 19.8 Å². The monoisotopic (exact) mass is 947 g/mol. The third-order valence-corrected chi connectivity index (χ3v) is 12.4. The quantitative estimate of drug-likeness (QED) is 0.0345. The number of hydrogen-bond donors (Lipinski definition) is 0. The van der Waals surface area contributed by atoms with Gasteiger partial charge in [0.15, 0.2) is 6.10 Å². The molecule has 5 heteroatoms. The summed E-state index contributed by atoms with van der Waals surface area (Å²) in [7, 11) is 0. The van der Waals surface area contributed by atoms with E-state index in [9.17, 15) is 9.59 Å². The van der Waals surface area contributed by atoms with E-state index in [0.29, 0.717) is 19.4 Å². The first-order valence-corrected chi connectivity index (χ1v) is 29.1. The van der Waals surface area contributed by atoms with Gasteiger partial charge in [-0.2, -0.15) is 0 Å². The number of hydrogen-bond acceptors (Lipinski definition) is 5. The highest BCUT2D eigenvalue weighted by atomic mass is 16.6. The van der Waals surface area contributed by atoms with E-state index in [-0.39, 0.29) is 25.2 Å². The topological polar surface area (TPSA) is 61.8 Å². The van der Waals surface area contributed by atoms with Crippen molar-refractivity contribution in [2.24, 2.45) is 0 Å². The van der Waals surface area contributed by atoms with Crippen molar-refractivity contribution >= 4 is 11.9 Å². The predicted molar refractivity (Wildman–Crippen MR) is 297 cm³/mol. The second-order valence-electron chi connectivity index (χ2n) is 19.2. The lowest BCUT2D eigenvalue weighted by Crippen LogP contribution is -2.30. The molecule has 0 aliphatic heterocycles. The maximum Gasteiger partial charge on any atom is 0.306 e. The first-order chi connectivity index (χ1) is 33.6. The second kappa shape index (κ2) is 58.4. The van der Waals surface area contributed by atoms with Crippen molar-refractivity contribution in [1.29, 1.82) is 0 Å². The van der Waals surface area contributed by atoms with Crippen molar-refractivity contribution in [3.05, 3.63) is 85.1 Å². The fraction of sp³-hybridized carbons (Fsp3) is 0.746. The third kappa shape index (κ3) is 55.7. The van der Waals surface area contributed by atoms with Crippen LogP contribution in [0.25, 0.3) is 0 Å². The average Bonchev–Trinajstić information content (AvgIpc) is 3.34. The lowest BCUT2D eigenvalue weighted by atomic mass is 10.1. The Morgan fingerprint density at radius 1 is 0.338 bits per heavy atom. The van der Waals surface area contributed by atoms with Crippen LogP contribution in [0.1, 0.15) is 278 Å². The first-order valence-electron chi connectivity index (χ1n) is 29.1. The molecule has 68 heavy (non-hydrogen) atoms. The Morgan fingerprint density at radius 2 is 0.662 bits per heavy atom. The molecule has 1 unspecified atom stereocenters. The standard InChI is InChI=1S/C63H110O5/c1-4-7-10-13-16-19-22-25-28-31-32-34-35-38-41-44-47-50-53-56-62(64)67-60-61(59-66-58-55-52-49-46-43-40-37-30-27-24-21-18-15-12-9-6-3)68-63(65)57-54-51-48-45-42-39-36-33-29-26-23-20-17-14-11-8-5-2/h7,10,16,19,25-30,32,34,38,41,61H,4-6,8-9,11-15,17-18,20-24,31,33,35-37,39-40,42-60H2,1-3H3/b10-7-,19-16-,28-25-,29-26-,30-27-,34-32-,41-38-. The van der Waals surface area contributed by atoms with E-state index in [4.69, 9.17) is 14.2 Å². The minimum atomic E-state index is -0.560. The summed E-state index contributed by atoms with van der Waals surface area (Å²) in [6.45, 7) is 7.68. The molecule has 392 valence electrons. The van der Waals surface area contributed by atoms with Gasteiger partial charge in [0, 0.05) is 19.4 Å². The summed E-state index contributed by atoms with van der Waals surface area (Å²) in [5, 5.41) is 0. The molecule has 0 aromatic heterocycles. The smallest absolute Gasteiger partial charge is 0.306 e. The van der Waals surface area contributed by atoms with Gasteiger partial charge < -0.3 is 14.2 Å². The number of esters is 2. The van der Waals surface area contributed by atoms with Crippen LogP contribution >= 0.6 is 0 Å². The molecule has 0 saturated carbocycles. The lowest BCUT2D eigenvalue weighted by Gasteiger charge is -2.18. The van der Waals surface area contributed by atoms with E-state index in [2.05, 4.69) is 106 Å². The number of carbonyl (C=O) groups excluding carboxylic acids is 2. The van der Waals surface area contributed by atoms with Gasteiger partial charge in [0.05, 0.1) is 6.61 Å². The molecule has 0 heterocycles. The van der Waals surface area contributed by atoms with Gasteiger partial charge in [0.1, 0.15) is 6.61 Å².